The fourth-order valence-electron chi connectivity index (χ4n) is 5.94. The molecule has 3 aliphatic rings. The van der Waals surface area contributed by atoms with Gasteiger partial charge < -0.3 is 34.6 Å². The van der Waals surface area contributed by atoms with Gasteiger partial charge in [0.15, 0.2) is 17.9 Å². The van der Waals surface area contributed by atoms with Crippen molar-refractivity contribution in [1.29, 1.82) is 0 Å². The molecule has 4 N–H and O–H groups in total. The number of phenols is 2. The van der Waals surface area contributed by atoms with E-state index in [-0.39, 0.29) is 46.1 Å². The summed E-state index contributed by atoms with van der Waals surface area (Å²) < 4.78 is 17.4. The van der Waals surface area contributed by atoms with Crippen molar-refractivity contribution >= 4 is 40.7 Å². The maximum atomic E-state index is 13.7. The summed E-state index contributed by atoms with van der Waals surface area (Å²) in [7, 11) is 1.35. The van der Waals surface area contributed by atoms with Crippen molar-refractivity contribution in [3.8, 4) is 17.2 Å². The zero-order valence-corrected chi connectivity index (χ0v) is 24.3. The maximum Gasteiger partial charge on any atom is 0.202 e. The topological polar surface area (TPSA) is 160 Å². The van der Waals surface area contributed by atoms with E-state index in [0.717, 1.165) is 0 Å². The molecule has 1 heterocycles. The van der Waals surface area contributed by atoms with Crippen molar-refractivity contribution < 1.29 is 49.0 Å². The summed E-state index contributed by atoms with van der Waals surface area (Å²) in [5.74, 6) is -2.14. The summed E-state index contributed by atoms with van der Waals surface area (Å²) in [4.78, 5) is 39.9. The Bertz CT molecular complexity index is 1430. The predicted octanol–water partition coefficient (Wildman–Crippen LogP) is 3.04. The number of ether oxygens (including phenoxy) is 3. The molecule has 0 spiro atoms. The quantitative estimate of drug-likeness (QED) is 0.231. The molecular weight excluding hydrogens is 576 g/mol. The molecule has 2 aromatic carbocycles. The van der Waals surface area contributed by atoms with Crippen LogP contribution in [-0.4, -0.2) is 85.9 Å². The number of carbonyl (C=O) groups excluding carboxylic acids is 3. The van der Waals surface area contributed by atoms with Gasteiger partial charge >= 0.3 is 0 Å². The summed E-state index contributed by atoms with van der Waals surface area (Å²) in [6.45, 7) is 2.88. The van der Waals surface area contributed by atoms with Crippen LogP contribution in [0.25, 0.3) is 0 Å². The van der Waals surface area contributed by atoms with E-state index in [1.807, 2.05) is 0 Å². The van der Waals surface area contributed by atoms with Gasteiger partial charge in [-0.3, -0.25) is 14.4 Å². The van der Waals surface area contributed by atoms with Crippen LogP contribution in [0.1, 0.15) is 75.8 Å². The van der Waals surface area contributed by atoms with Crippen LogP contribution in [0.15, 0.2) is 18.2 Å². The largest absolute Gasteiger partial charge is 0.507 e. The highest BCUT2D eigenvalue weighted by Gasteiger charge is 2.49. The van der Waals surface area contributed by atoms with Gasteiger partial charge in [-0.25, -0.2) is 0 Å². The van der Waals surface area contributed by atoms with Gasteiger partial charge in [0, 0.05) is 52.8 Å². The third-order valence-electron chi connectivity index (χ3n) is 8.11. The third kappa shape index (κ3) is 4.92. The predicted molar refractivity (Wildman–Crippen MR) is 149 cm³/mol. The molecule has 0 saturated carbocycles. The first-order valence-corrected chi connectivity index (χ1v) is 14.8. The number of aliphatic hydroxyl groups excluding tert-OH is 1. The van der Waals surface area contributed by atoms with Crippen LogP contribution in [0.3, 0.4) is 0 Å². The zero-order chi connectivity index (χ0) is 29.8. The minimum Gasteiger partial charge on any atom is -0.507 e. The fourth-order valence-corrected chi connectivity index (χ4v) is 7.31. The summed E-state index contributed by atoms with van der Waals surface area (Å²) >= 11 is 7.30. The van der Waals surface area contributed by atoms with Gasteiger partial charge in [0.05, 0.1) is 42.1 Å². The van der Waals surface area contributed by atoms with E-state index in [9.17, 15) is 34.8 Å². The lowest BCUT2D eigenvalue weighted by Gasteiger charge is -2.42. The zero-order valence-electron chi connectivity index (χ0n) is 22.7. The van der Waals surface area contributed by atoms with E-state index < -0.39 is 76.6 Å². The number of hydrogen-bond donors (Lipinski definition) is 4. The van der Waals surface area contributed by atoms with Crippen molar-refractivity contribution in [3.63, 3.8) is 0 Å². The summed E-state index contributed by atoms with van der Waals surface area (Å²) in [6.07, 6.45) is -4.03. The Morgan fingerprint density at radius 1 is 1.17 bits per heavy atom. The van der Waals surface area contributed by atoms with Crippen LogP contribution in [0, 0.1) is 0 Å². The number of carbonyl (C=O) groups is 3. The summed E-state index contributed by atoms with van der Waals surface area (Å²) in [5.41, 5.74) is -2.96. The summed E-state index contributed by atoms with van der Waals surface area (Å²) in [5, 5.41) is 44.7. The maximum absolute atomic E-state index is 13.7. The Morgan fingerprint density at radius 2 is 1.88 bits per heavy atom. The van der Waals surface area contributed by atoms with Gasteiger partial charge in [0.1, 0.15) is 22.8 Å². The number of benzene rings is 2. The molecule has 0 bridgehead atoms. The van der Waals surface area contributed by atoms with Crippen molar-refractivity contribution in [2.75, 3.05) is 18.7 Å². The van der Waals surface area contributed by atoms with E-state index in [4.69, 9.17) is 25.8 Å². The fraction of sp³-hybridized carbons (Fsp3) is 0.483. The number of phenolic OH excluding ortho intramolecular Hbond substituents is 2. The van der Waals surface area contributed by atoms with Crippen LogP contribution >= 0.6 is 23.4 Å². The second kappa shape index (κ2) is 11.2. The van der Waals surface area contributed by atoms with Gasteiger partial charge in [0.25, 0.3) is 0 Å². The molecule has 5 rings (SSSR count). The highest BCUT2D eigenvalue weighted by molar-refractivity contribution is 8.00. The van der Waals surface area contributed by atoms with Crippen molar-refractivity contribution in [3.05, 3.63) is 51.6 Å². The van der Waals surface area contributed by atoms with E-state index in [1.165, 1.54) is 44.0 Å². The van der Waals surface area contributed by atoms with Gasteiger partial charge in [-0.05, 0) is 19.9 Å². The lowest BCUT2D eigenvalue weighted by atomic mass is 9.72. The second-order valence-electron chi connectivity index (χ2n) is 10.6. The lowest BCUT2D eigenvalue weighted by molar-refractivity contribution is -0.241. The van der Waals surface area contributed by atoms with Crippen LogP contribution < -0.4 is 4.74 Å². The molecule has 2 aromatic rings. The van der Waals surface area contributed by atoms with Gasteiger partial charge in [-0.15, -0.1) is 11.6 Å². The number of halogens is 1. The number of rotatable bonds is 7. The molecule has 10 nitrogen and oxygen atoms in total. The van der Waals surface area contributed by atoms with Crippen molar-refractivity contribution in [2.45, 2.75) is 68.6 Å². The number of ketones is 3. The molecule has 1 aliphatic heterocycles. The normalized spacial score (nSPS) is 29.0. The number of methoxy groups -OCH3 is 1. The number of aromatic hydroxyl groups is 2. The Balaban J connectivity index is 1.63. The number of alkyl halides is 1. The average molecular weight is 607 g/mol. The minimum atomic E-state index is -1.99. The van der Waals surface area contributed by atoms with E-state index in [1.54, 1.807) is 6.92 Å². The van der Waals surface area contributed by atoms with Crippen LogP contribution in [-0.2, 0) is 20.7 Å². The molecule has 6 atom stereocenters. The average Bonchev–Trinajstić information content (AvgIpc) is 2.93. The minimum absolute atomic E-state index is 0.00872. The van der Waals surface area contributed by atoms with Crippen LogP contribution in [0.4, 0.5) is 0 Å². The number of thioether (sulfide) groups is 1. The first-order valence-electron chi connectivity index (χ1n) is 13.2. The monoisotopic (exact) mass is 606 g/mol. The lowest BCUT2D eigenvalue weighted by Crippen LogP contribution is -2.49. The molecule has 1 fully saturated rings. The first kappa shape index (κ1) is 29.8. The molecule has 0 amide bonds. The Labute approximate surface area is 245 Å². The number of hydrogen-bond acceptors (Lipinski definition) is 11. The Morgan fingerprint density at radius 3 is 2.54 bits per heavy atom. The molecule has 1 saturated heterocycles. The van der Waals surface area contributed by atoms with Crippen molar-refractivity contribution in [2.24, 2.45) is 0 Å². The van der Waals surface area contributed by atoms with Crippen LogP contribution in [0.2, 0.25) is 0 Å². The van der Waals surface area contributed by atoms with Crippen molar-refractivity contribution in [1.82, 2.24) is 0 Å². The Kier molecular flexibility index (Phi) is 8.14. The highest BCUT2D eigenvalue weighted by Crippen LogP contribution is 2.52. The molecule has 0 aromatic heterocycles. The SMILES string of the molecule is COc1cccc2c1C(=O)c1c(O)c3c(c(O)c1C2=O)CC(O)(C(C)=O)CC3OC1CC(SCCCl)C(O)C(C)O1. The van der Waals surface area contributed by atoms with Gasteiger partial charge in [-0.2, -0.15) is 11.8 Å². The number of fused-ring (bicyclic) bond motifs is 3. The van der Waals surface area contributed by atoms with E-state index >= 15 is 0 Å². The van der Waals surface area contributed by atoms with Crippen LogP contribution in [0.5, 0.6) is 17.2 Å². The van der Waals surface area contributed by atoms with E-state index in [0.29, 0.717) is 11.6 Å². The summed E-state index contributed by atoms with van der Waals surface area (Å²) in [6, 6.07) is 4.46. The second-order valence-corrected chi connectivity index (χ2v) is 12.3. The Hall–Kier alpha value is -2.67. The molecule has 41 heavy (non-hydrogen) atoms. The molecule has 6 unspecified atom stereocenters. The smallest absolute Gasteiger partial charge is 0.202 e. The molecule has 220 valence electrons. The first-order chi connectivity index (χ1) is 19.4. The standard InChI is InChI=1S/C29H31ClO10S/c1-12-24(32)18(41-8-7-30)9-19(39-12)40-17-11-29(37,13(2)31)10-15-21(17)28(36)23-22(26(15)34)25(33)14-5-4-6-16(38-3)20(14)27(23)35/h4-6,12,17-19,24,32,34,36-37H,7-11H2,1-3H3. The number of Topliss-reactive ketones (excluding diaryl/α,β-unsaturated/α-hetero) is 1. The molecule has 2 aliphatic carbocycles. The number of aliphatic hydroxyl groups is 2. The molecular formula is C29H31ClO10S. The van der Waals surface area contributed by atoms with E-state index in [2.05, 4.69) is 0 Å². The van der Waals surface area contributed by atoms with Gasteiger partial charge in [-0.1, -0.05) is 12.1 Å². The third-order valence-corrected chi connectivity index (χ3v) is 9.86. The van der Waals surface area contributed by atoms with Gasteiger partial charge in [0.2, 0.25) is 5.78 Å². The molecule has 0 radical (unpaired) electrons. The molecule has 12 heteroatoms. The highest BCUT2D eigenvalue weighted by atomic mass is 35.5.